The fraction of sp³-hybridized carbons (Fsp3) is 0.0800. The average Bonchev–Trinajstić information content (AvgIpc) is 3.27. The number of nitrogens with zero attached hydrogens (tertiary/aromatic N) is 1. The van der Waals surface area contributed by atoms with Crippen molar-refractivity contribution in [3.63, 3.8) is 0 Å². The number of hydrogen-bond acceptors (Lipinski definition) is 6. The zero-order valence-electron chi connectivity index (χ0n) is 18.3. The Hall–Kier alpha value is -4.37. The van der Waals surface area contributed by atoms with Crippen LogP contribution in [-0.4, -0.2) is 24.0 Å². The molecule has 3 N–H and O–H groups in total. The molecule has 8 nitrogen and oxygen atoms in total. The molecule has 0 spiro atoms. The number of carbonyl (C=O) groups is 2. The van der Waals surface area contributed by atoms with Crippen LogP contribution in [0.15, 0.2) is 84.2 Å². The topological polar surface area (TPSA) is 102 Å². The van der Waals surface area contributed by atoms with Gasteiger partial charge in [0.2, 0.25) is 5.91 Å². The van der Waals surface area contributed by atoms with Crippen LogP contribution in [-0.2, 0) is 11.2 Å². The zero-order valence-corrected chi connectivity index (χ0v) is 19.1. The molecule has 34 heavy (non-hydrogen) atoms. The van der Waals surface area contributed by atoms with Gasteiger partial charge in [-0.3, -0.25) is 10.1 Å². The smallest absolute Gasteiger partial charge is 0.325 e. The normalized spacial score (nSPS) is 10.3. The van der Waals surface area contributed by atoms with Crippen molar-refractivity contribution in [1.82, 2.24) is 4.98 Å². The van der Waals surface area contributed by atoms with E-state index in [0.29, 0.717) is 39.4 Å². The first kappa shape index (κ1) is 22.8. The number of urea groups is 1. The summed E-state index contributed by atoms with van der Waals surface area (Å²) in [5.74, 6) is 1.51. The molecule has 1 heterocycles. The molecule has 0 aliphatic rings. The van der Waals surface area contributed by atoms with E-state index in [1.54, 1.807) is 35.7 Å². The highest BCUT2D eigenvalue weighted by Gasteiger charge is 2.13. The molecule has 0 saturated carbocycles. The van der Waals surface area contributed by atoms with Gasteiger partial charge in [0, 0.05) is 5.38 Å². The molecule has 0 fully saturated rings. The molecule has 3 amide bonds. The number of nitrogens with one attached hydrogen (secondary N) is 3. The predicted molar refractivity (Wildman–Crippen MR) is 133 cm³/mol. The first-order chi connectivity index (χ1) is 16.6. The minimum atomic E-state index is -0.457. The number of carbonyl (C=O) groups excluding carboxylic acids is 2. The standard InChI is InChI=1S/C25H22N4O4S/c1-32-21-13-7-5-11-19(21)28-24(31)29-25-26-17(16-34-25)15-23(30)27-20-12-6-8-14-22(20)33-18-9-3-2-4-10-18/h2-14,16H,15H2,1H3,(H,27,30)(H2,26,28,29,31). The van der Waals surface area contributed by atoms with Crippen LogP contribution in [0.3, 0.4) is 0 Å². The second kappa shape index (κ2) is 11.0. The van der Waals surface area contributed by atoms with Crippen LogP contribution in [0, 0.1) is 0 Å². The Morgan fingerprint density at radius 1 is 0.824 bits per heavy atom. The summed E-state index contributed by atoms with van der Waals surface area (Å²) >= 11 is 1.23. The molecule has 172 valence electrons. The molecular weight excluding hydrogens is 452 g/mol. The van der Waals surface area contributed by atoms with E-state index in [-0.39, 0.29) is 12.3 Å². The third-order valence-corrected chi connectivity index (χ3v) is 5.41. The molecule has 4 rings (SSSR count). The maximum absolute atomic E-state index is 12.6. The van der Waals surface area contributed by atoms with Crippen LogP contribution >= 0.6 is 11.3 Å². The van der Waals surface area contributed by atoms with Crippen LogP contribution in [0.1, 0.15) is 5.69 Å². The summed E-state index contributed by atoms with van der Waals surface area (Å²) in [6.45, 7) is 0. The molecule has 0 atom stereocenters. The number of ether oxygens (including phenoxy) is 2. The van der Waals surface area contributed by atoms with Crippen LogP contribution in [0.4, 0.5) is 21.3 Å². The molecule has 1 aromatic heterocycles. The van der Waals surface area contributed by atoms with Gasteiger partial charge in [-0.15, -0.1) is 11.3 Å². The third kappa shape index (κ3) is 6.11. The number of aromatic nitrogens is 1. The first-order valence-electron chi connectivity index (χ1n) is 10.4. The number of para-hydroxylation sites is 5. The number of anilines is 3. The van der Waals surface area contributed by atoms with Crippen molar-refractivity contribution in [2.75, 3.05) is 23.1 Å². The quantitative estimate of drug-likeness (QED) is 0.301. The van der Waals surface area contributed by atoms with Gasteiger partial charge in [0.15, 0.2) is 10.9 Å². The molecule has 0 radical (unpaired) electrons. The first-order valence-corrected chi connectivity index (χ1v) is 11.3. The van der Waals surface area contributed by atoms with Gasteiger partial charge in [-0.2, -0.15) is 0 Å². The van der Waals surface area contributed by atoms with Crippen molar-refractivity contribution in [3.8, 4) is 17.2 Å². The van der Waals surface area contributed by atoms with E-state index in [1.165, 1.54) is 18.4 Å². The molecule has 3 aromatic carbocycles. The van der Waals surface area contributed by atoms with E-state index in [1.807, 2.05) is 48.5 Å². The van der Waals surface area contributed by atoms with Crippen molar-refractivity contribution in [3.05, 3.63) is 89.9 Å². The number of hydrogen-bond donors (Lipinski definition) is 3. The second-order valence-electron chi connectivity index (χ2n) is 7.06. The van der Waals surface area contributed by atoms with Gasteiger partial charge in [-0.05, 0) is 36.4 Å². The van der Waals surface area contributed by atoms with E-state index in [4.69, 9.17) is 9.47 Å². The predicted octanol–water partition coefficient (Wildman–Crippen LogP) is 5.77. The third-order valence-electron chi connectivity index (χ3n) is 4.60. The second-order valence-corrected chi connectivity index (χ2v) is 7.92. The lowest BCUT2D eigenvalue weighted by atomic mass is 10.2. The van der Waals surface area contributed by atoms with Gasteiger partial charge < -0.3 is 20.1 Å². The van der Waals surface area contributed by atoms with Crippen molar-refractivity contribution in [2.24, 2.45) is 0 Å². The Kier molecular flexibility index (Phi) is 7.36. The molecule has 0 aliphatic heterocycles. The van der Waals surface area contributed by atoms with Gasteiger partial charge >= 0.3 is 6.03 Å². The molecule has 0 saturated heterocycles. The molecule has 4 aromatic rings. The molecular formula is C25H22N4O4S. The molecule has 0 unspecified atom stereocenters. The van der Waals surface area contributed by atoms with E-state index in [0.717, 1.165) is 0 Å². The minimum Gasteiger partial charge on any atom is -0.495 e. The number of rotatable bonds is 8. The number of benzene rings is 3. The maximum Gasteiger partial charge on any atom is 0.325 e. The summed E-state index contributed by atoms with van der Waals surface area (Å²) in [4.78, 5) is 29.2. The zero-order chi connectivity index (χ0) is 23.8. The van der Waals surface area contributed by atoms with Crippen LogP contribution in [0.2, 0.25) is 0 Å². The van der Waals surface area contributed by atoms with Crippen LogP contribution in [0.25, 0.3) is 0 Å². The van der Waals surface area contributed by atoms with Crippen molar-refractivity contribution >= 4 is 39.8 Å². The lowest BCUT2D eigenvalue weighted by Gasteiger charge is -2.12. The SMILES string of the molecule is COc1ccccc1NC(=O)Nc1nc(CC(=O)Nc2ccccc2Oc2ccccc2)cs1. The number of amides is 3. The fourth-order valence-electron chi connectivity index (χ4n) is 3.08. The summed E-state index contributed by atoms with van der Waals surface area (Å²) < 4.78 is 11.1. The van der Waals surface area contributed by atoms with Crippen LogP contribution < -0.4 is 25.4 Å². The number of methoxy groups -OCH3 is 1. The number of thiazole rings is 1. The highest BCUT2D eigenvalue weighted by molar-refractivity contribution is 7.14. The van der Waals surface area contributed by atoms with Gasteiger partial charge in [-0.1, -0.05) is 42.5 Å². The van der Waals surface area contributed by atoms with Gasteiger partial charge in [0.1, 0.15) is 11.5 Å². The van der Waals surface area contributed by atoms with E-state index >= 15 is 0 Å². The van der Waals surface area contributed by atoms with E-state index in [2.05, 4.69) is 20.9 Å². The average molecular weight is 475 g/mol. The summed E-state index contributed by atoms with van der Waals surface area (Å²) in [6, 6.07) is 23.2. The monoisotopic (exact) mass is 474 g/mol. The van der Waals surface area contributed by atoms with Crippen molar-refractivity contribution in [1.29, 1.82) is 0 Å². The summed E-state index contributed by atoms with van der Waals surface area (Å²) in [5.41, 5.74) is 1.63. The van der Waals surface area contributed by atoms with Crippen molar-refractivity contribution in [2.45, 2.75) is 6.42 Å². The molecule has 0 aliphatic carbocycles. The lowest BCUT2D eigenvalue weighted by molar-refractivity contribution is -0.115. The molecule has 0 bridgehead atoms. The van der Waals surface area contributed by atoms with Gasteiger partial charge in [0.25, 0.3) is 0 Å². The van der Waals surface area contributed by atoms with Crippen LogP contribution in [0.5, 0.6) is 17.2 Å². The largest absolute Gasteiger partial charge is 0.495 e. The molecule has 9 heteroatoms. The Balaban J connectivity index is 1.34. The summed E-state index contributed by atoms with van der Waals surface area (Å²) in [6.07, 6.45) is 0.0476. The highest BCUT2D eigenvalue weighted by Crippen LogP contribution is 2.29. The van der Waals surface area contributed by atoms with E-state index in [9.17, 15) is 9.59 Å². The van der Waals surface area contributed by atoms with Crippen molar-refractivity contribution < 1.29 is 19.1 Å². The summed E-state index contributed by atoms with van der Waals surface area (Å²) in [5, 5.41) is 10.4. The summed E-state index contributed by atoms with van der Waals surface area (Å²) in [7, 11) is 1.53. The lowest BCUT2D eigenvalue weighted by Crippen LogP contribution is -2.20. The Labute approximate surface area is 200 Å². The van der Waals surface area contributed by atoms with E-state index < -0.39 is 6.03 Å². The Morgan fingerprint density at radius 3 is 2.21 bits per heavy atom. The Morgan fingerprint density at radius 2 is 1.47 bits per heavy atom. The Bertz CT molecular complexity index is 1280. The fourth-order valence-corrected chi connectivity index (χ4v) is 3.78. The minimum absolute atomic E-state index is 0.0476. The van der Waals surface area contributed by atoms with Gasteiger partial charge in [0.05, 0.1) is 30.6 Å². The maximum atomic E-state index is 12.6. The highest BCUT2D eigenvalue weighted by atomic mass is 32.1. The van der Waals surface area contributed by atoms with Gasteiger partial charge in [-0.25, -0.2) is 9.78 Å².